The lowest BCUT2D eigenvalue weighted by molar-refractivity contribution is 0.0600. The third-order valence-corrected chi connectivity index (χ3v) is 2.57. The molecule has 0 aliphatic carbocycles. The molecule has 0 saturated carbocycles. The highest BCUT2D eigenvalue weighted by Crippen LogP contribution is 2.30. The van der Waals surface area contributed by atoms with Crippen LogP contribution in [0.1, 0.15) is 10.4 Å². The number of rotatable bonds is 4. The molecule has 0 bridgehead atoms. The van der Waals surface area contributed by atoms with Crippen molar-refractivity contribution in [1.82, 2.24) is 0 Å². The van der Waals surface area contributed by atoms with Crippen LogP contribution in [0.25, 0.3) is 0 Å². The molecule has 0 fully saturated rings. The molecule has 0 aromatic heterocycles. The van der Waals surface area contributed by atoms with E-state index in [1.54, 1.807) is 31.4 Å². The first-order valence-electron chi connectivity index (χ1n) is 5.74. The highest BCUT2D eigenvalue weighted by atomic mass is 16.5. The van der Waals surface area contributed by atoms with Crippen molar-refractivity contribution in [2.75, 3.05) is 14.2 Å². The summed E-state index contributed by atoms with van der Waals surface area (Å²) in [6.07, 6.45) is 0. The molecule has 2 aromatic rings. The molecule has 19 heavy (non-hydrogen) atoms. The number of benzene rings is 2. The molecular formula is C15H14O4. The molecule has 2 aromatic carbocycles. The number of hydrogen-bond donors (Lipinski definition) is 0. The van der Waals surface area contributed by atoms with Gasteiger partial charge in [0.2, 0.25) is 0 Å². The first-order chi connectivity index (χ1) is 9.24. The molecule has 0 unspecified atom stereocenters. The summed E-state index contributed by atoms with van der Waals surface area (Å²) >= 11 is 0. The quantitative estimate of drug-likeness (QED) is 0.789. The number of para-hydroxylation sites is 2. The Morgan fingerprint density at radius 3 is 2.11 bits per heavy atom. The van der Waals surface area contributed by atoms with Crippen LogP contribution in [0.4, 0.5) is 0 Å². The van der Waals surface area contributed by atoms with Gasteiger partial charge in [-0.05, 0) is 36.4 Å². The van der Waals surface area contributed by atoms with Crippen molar-refractivity contribution in [3.05, 3.63) is 54.1 Å². The number of esters is 1. The average Bonchev–Trinajstić information content (AvgIpc) is 2.48. The fourth-order valence-electron chi connectivity index (χ4n) is 1.61. The van der Waals surface area contributed by atoms with Crippen molar-refractivity contribution in [3.63, 3.8) is 0 Å². The van der Waals surface area contributed by atoms with Crippen LogP contribution in [0, 0.1) is 0 Å². The van der Waals surface area contributed by atoms with Gasteiger partial charge in [0.05, 0.1) is 19.8 Å². The van der Waals surface area contributed by atoms with E-state index in [1.165, 1.54) is 7.11 Å². The van der Waals surface area contributed by atoms with E-state index in [4.69, 9.17) is 9.47 Å². The number of ether oxygens (including phenoxy) is 3. The fraction of sp³-hybridized carbons (Fsp3) is 0.133. The topological polar surface area (TPSA) is 44.8 Å². The minimum atomic E-state index is -0.371. The molecule has 0 atom stereocenters. The van der Waals surface area contributed by atoms with E-state index in [9.17, 15) is 4.79 Å². The van der Waals surface area contributed by atoms with Crippen LogP contribution in [-0.2, 0) is 4.74 Å². The summed E-state index contributed by atoms with van der Waals surface area (Å²) in [6, 6.07) is 14.1. The molecule has 0 N–H and O–H groups in total. The molecule has 0 amide bonds. The fourth-order valence-corrected chi connectivity index (χ4v) is 1.61. The predicted molar refractivity (Wildman–Crippen MR) is 70.8 cm³/mol. The van der Waals surface area contributed by atoms with Crippen LogP contribution in [0.3, 0.4) is 0 Å². The number of carbonyl (C=O) groups excluding carboxylic acids is 1. The van der Waals surface area contributed by atoms with E-state index in [2.05, 4.69) is 4.74 Å². The van der Waals surface area contributed by atoms with Crippen molar-refractivity contribution >= 4 is 5.97 Å². The Morgan fingerprint density at radius 1 is 0.895 bits per heavy atom. The minimum absolute atomic E-state index is 0.371. The van der Waals surface area contributed by atoms with Gasteiger partial charge in [-0.1, -0.05) is 12.1 Å². The molecule has 0 aliphatic rings. The molecule has 0 heterocycles. The lowest BCUT2D eigenvalue weighted by Gasteiger charge is -2.10. The Morgan fingerprint density at radius 2 is 1.53 bits per heavy atom. The number of methoxy groups -OCH3 is 2. The maximum Gasteiger partial charge on any atom is 0.337 e. The van der Waals surface area contributed by atoms with Crippen LogP contribution in [-0.4, -0.2) is 20.2 Å². The Balaban J connectivity index is 2.17. The van der Waals surface area contributed by atoms with Gasteiger partial charge in [-0.3, -0.25) is 0 Å². The molecular weight excluding hydrogens is 244 g/mol. The minimum Gasteiger partial charge on any atom is -0.493 e. The zero-order valence-corrected chi connectivity index (χ0v) is 10.8. The maximum atomic E-state index is 11.3. The van der Waals surface area contributed by atoms with Crippen molar-refractivity contribution in [1.29, 1.82) is 0 Å². The van der Waals surface area contributed by atoms with Crippen molar-refractivity contribution in [3.8, 4) is 17.2 Å². The number of hydrogen-bond acceptors (Lipinski definition) is 4. The van der Waals surface area contributed by atoms with Gasteiger partial charge in [0.1, 0.15) is 5.75 Å². The summed E-state index contributed by atoms with van der Waals surface area (Å²) < 4.78 is 15.5. The van der Waals surface area contributed by atoms with Gasteiger partial charge in [-0.2, -0.15) is 0 Å². The van der Waals surface area contributed by atoms with E-state index in [0.717, 1.165) is 0 Å². The number of carbonyl (C=O) groups is 1. The monoisotopic (exact) mass is 258 g/mol. The second-order valence-electron chi connectivity index (χ2n) is 3.77. The summed E-state index contributed by atoms with van der Waals surface area (Å²) in [5.41, 5.74) is 0.481. The summed E-state index contributed by atoms with van der Waals surface area (Å²) in [5, 5.41) is 0. The zero-order chi connectivity index (χ0) is 13.7. The standard InChI is InChI=1S/C15H14O4/c1-17-13-5-3-4-6-14(13)19-12-9-7-11(8-10-12)15(16)18-2/h3-10H,1-2H3. The van der Waals surface area contributed by atoms with E-state index in [0.29, 0.717) is 22.8 Å². The third kappa shape index (κ3) is 3.04. The molecule has 98 valence electrons. The van der Waals surface area contributed by atoms with Crippen molar-refractivity contribution in [2.24, 2.45) is 0 Å². The molecule has 2 rings (SSSR count). The third-order valence-electron chi connectivity index (χ3n) is 2.57. The predicted octanol–water partition coefficient (Wildman–Crippen LogP) is 3.27. The average molecular weight is 258 g/mol. The van der Waals surface area contributed by atoms with E-state index in [-0.39, 0.29) is 5.97 Å². The molecule has 4 nitrogen and oxygen atoms in total. The largest absolute Gasteiger partial charge is 0.493 e. The summed E-state index contributed by atoms with van der Waals surface area (Å²) in [4.78, 5) is 11.3. The van der Waals surface area contributed by atoms with Crippen LogP contribution in [0.2, 0.25) is 0 Å². The summed E-state index contributed by atoms with van der Waals surface area (Å²) in [7, 11) is 2.93. The smallest absolute Gasteiger partial charge is 0.337 e. The first kappa shape index (κ1) is 13.0. The van der Waals surface area contributed by atoms with Gasteiger partial charge in [0.15, 0.2) is 11.5 Å². The van der Waals surface area contributed by atoms with Crippen molar-refractivity contribution < 1.29 is 19.0 Å². The van der Waals surface area contributed by atoms with Crippen LogP contribution in [0.5, 0.6) is 17.2 Å². The normalized spacial score (nSPS) is 9.79. The van der Waals surface area contributed by atoms with Gasteiger partial charge in [-0.15, -0.1) is 0 Å². The van der Waals surface area contributed by atoms with Crippen LogP contribution in [0.15, 0.2) is 48.5 Å². The Bertz CT molecular complexity index is 561. The van der Waals surface area contributed by atoms with Crippen LogP contribution >= 0.6 is 0 Å². The van der Waals surface area contributed by atoms with Gasteiger partial charge in [0.25, 0.3) is 0 Å². The van der Waals surface area contributed by atoms with Gasteiger partial charge in [-0.25, -0.2) is 4.79 Å². The second kappa shape index (κ2) is 5.91. The highest BCUT2D eigenvalue weighted by molar-refractivity contribution is 5.89. The summed E-state index contributed by atoms with van der Waals surface area (Å²) in [5.74, 6) is 1.52. The Labute approximate surface area is 111 Å². The SMILES string of the molecule is COC(=O)c1ccc(Oc2ccccc2OC)cc1. The molecule has 0 aliphatic heterocycles. The maximum absolute atomic E-state index is 11.3. The molecule has 0 saturated heterocycles. The second-order valence-corrected chi connectivity index (χ2v) is 3.77. The zero-order valence-electron chi connectivity index (χ0n) is 10.8. The van der Waals surface area contributed by atoms with Gasteiger partial charge < -0.3 is 14.2 Å². The van der Waals surface area contributed by atoms with Crippen LogP contribution < -0.4 is 9.47 Å². The molecule has 4 heteroatoms. The van der Waals surface area contributed by atoms with Gasteiger partial charge in [0, 0.05) is 0 Å². The van der Waals surface area contributed by atoms with E-state index < -0.39 is 0 Å². The molecule has 0 radical (unpaired) electrons. The molecule has 0 spiro atoms. The highest BCUT2D eigenvalue weighted by Gasteiger charge is 2.07. The lowest BCUT2D eigenvalue weighted by atomic mass is 10.2. The van der Waals surface area contributed by atoms with E-state index >= 15 is 0 Å². The van der Waals surface area contributed by atoms with E-state index in [1.807, 2.05) is 24.3 Å². The Hall–Kier alpha value is -2.49. The summed E-state index contributed by atoms with van der Waals surface area (Å²) in [6.45, 7) is 0. The Kier molecular flexibility index (Phi) is 4.03. The van der Waals surface area contributed by atoms with Gasteiger partial charge >= 0.3 is 5.97 Å². The van der Waals surface area contributed by atoms with Crippen molar-refractivity contribution in [2.45, 2.75) is 0 Å². The first-order valence-corrected chi connectivity index (χ1v) is 5.74. The lowest BCUT2D eigenvalue weighted by Crippen LogP contribution is -2.00.